The van der Waals surface area contributed by atoms with E-state index in [2.05, 4.69) is 5.32 Å². The summed E-state index contributed by atoms with van der Waals surface area (Å²) in [6.07, 6.45) is 0. The van der Waals surface area contributed by atoms with E-state index in [1.807, 2.05) is 18.2 Å². The van der Waals surface area contributed by atoms with E-state index in [9.17, 15) is 9.59 Å². The molecule has 7 heteroatoms. The van der Waals surface area contributed by atoms with Crippen molar-refractivity contribution in [1.82, 2.24) is 5.32 Å². The number of carbonyl (C=O) groups is 2. The number of rotatable bonds is 3. The molecule has 2 heterocycles. The van der Waals surface area contributed by atoms with Crippen LogP contribution in [-0.2, 0) is 19.1 Å². The lowest BCUT2D eigenvalue weighted by molar-refractivity contribution is -0.138. The number of carbonyl (C=O) groups excluding carboxylic acids is 2. The molecule has 0 aromatic heterocycles. The molecule has 3 N–H and O–H groups in total. The largest absolute Gasteiger partial charge is 0.463 e. The number of cyclic esters (lactones) is 1. The number of esters is 2. The minimum absolute atomic E-state index is 0. The molecule has 1 aromatic rings. The maximum atomic E-state index is 12.5. The highest BCUT2D eigenvalue weighted by Crippen LogP contribution is 2.42. The Morgan fingerprint density at radius 2 is 2.12 bits per heavy atom. The van der Waals surface area contributed by atoms with Crippen LogP contribution in [0.4, 0.5) is 5.69 Å². The van der Waals surface area contributed by atoms with Crippen LogP contribution in [0.1, 0.15) is 25.3 Å². The van der Waals surface area contributed by atoms with E-state index in [1.54, 1.807) is 19.9 Å². The van der Waals surface area contributed by atoms with E-state index < -0.39 is 17.9 Å². The summed E-state index contributed by atoms with van der Waals surface area (Å²) < 4.78 is 10.3. The van der Waals surface area contributed by atoms with Crippen molar-refractivity contribution in [2.24, 2.45) is 0 Å². The average molecular weight is 351 g/mol. The average Bonchev–Trinajstić information content (AvgIpc) is 2.87. The van der Waals surface area contributed by atoms with Gasteiger partial charge in [-0.25, -0.2) is 9.59 Å². The Labute approximate surface area is 146 Å². The highest BCUT2D eigenvalue weighted by atomic mass is 35.5. The molecular formula is C17H19ClN2O4. The number of anilines is 1. The van der Waals surface area contributed by atoms with Crippen LogP contribution in [0.15, 0.2) is 46.8 Å². The quantitative estimate of drug-likeness (QED) is 0.640. The number of benzene rings is 1. The van der Waals surface area contributed by atoms with Crippen molar-refractivity contribution in [2.75, 3.05) is 18.9 Å². The molecule has 2 aliphatic heterocycles. The fourth-order valence-electron chi connectivity index (χ4n) is 3.03. The van der Waals surface area contributed by atoms with Crippen LogP contribution in [0.25, 0.3) is 0 Å². The van der Waals surface area contributed by atoms with Crippen LogP contribution in [0.2, 0.25) is 0 Å². The first kappa shape index (κ1) is 17.9. The van der Waals surface area contributed by atoms with Gasteiger partial charge < -0.3 is 20.5 Å². The fourth-order valence-corrected chi connectivity index (χ4v) is 3.03. The molecule has 0 aliphatic carbocycles. The van der Waals surface area contributed by atoms with Crippen molar-refractivity contribution >= 4 is 30.0 Å². The number of hydrogen-bond acceptors (Lipinski definition) is 6. The smallest absolute Gasteiger partial charge is 0.337 e. The molecule has 0 spiro atoms. The van der Waals surface area contributed by atoms with Gasteiger partial charge in [0, 0.05) is 11.4 Å². The lowest BCUT2D eigenvalue weighted by Gasteiger charge is -2.28. The molecule has 0 amide bonds. The Morgan fingerprint density at radius 3 is 2.79 bits per heavy atom. The van der Waals surface area contributed by atoms with Gasteiger partial charge in [-0.2, -0.15) is 0 Å². The standard InChI is InChI=1S/C17H18N2O4.ClH/c1-3-22-16(20)13-9(2)19-12-8-23-17(21)15(12)14(13)10-6-4-5-7-11(10)18;/h4-7,14,19H,3,8,18H2,1-2H3;1H. The molecule has 0 saturated heterocycles. The summed E-state index contributed by atoms with van der Waals surface area (Å²) in [6, 6.07) is 7.19. The summed E-state index contributed by atoms with van der Waals surface area (Å²) in [4.78, 5) is 24.7. The number of nitrogens with two attached hydrogens (primary N) is 1. The van der Waals surface area contributed by atoms with E-state index >= 15 is 0 Å². The summed E-state index contributed by atoms with van der Waals surface area (Å²) in [7, 11) is 0. The molecule has 1 unspecified atom stereocenters. The summed E-state index contributed by atoms with van der Waals surface area (Å²) in [5.74, 6) is -1.48. The predicted octanol–water partition coefficient (Wildman–Crippen LogP) is 2.03. The predicted molar refractivity (Wildman–Crippen MR) is 91.3 cm³/mol. The second-order valence-electron chi connectivity index (χ2n) is 5.41. The van der Waals surface area contributed by atoms with Crippen molar-refractivity contribution in [2.45, 2.75) is 19.8 Å². The fraction of sp³-hybridized carbons (Fsp3) is 0.294. The van der Waals surface area contributed by atoms with Gasteiger partial charge in [0.1, 0.15) is 6.61 Å². The highest BCUT2D eigenvalue weighted by molar-refractivity contribution is 6.01. The van der Waals surface area contributed by atoms with Gasteiger partial charge in [0.05, 0.1) is 29.4 Å². The van der Waals surface area contributed by atoms with Gasteiger partial charge in [-0.3, -0.25) is 0 Å². The number of halogens is 1. The molecule has 0 saturated carbocycles. The SMILES string of the molecule is CCOC(=O)C1=C(C)NC2=C(C(=O)OC2)C1c1ccccc1N.Cl. The minimum atomic E-state index is -0.582. The lowest BCUT2D eigenvalue weighted by atomic mass is 9.80. The monoisotopic (exact) mass is 350 g/mol. The number of nitrogen functional groups attached to an aromatic ring is 1. The zero-order chi connectivity index (χ0) is 16.6. The van der Waals surface area contributed by atoms with Crippen molar-refractivity contribution in [1.29, 1.82) is 0 Å². The molecule has 1 aromatic carbocycles. The maximum Gasteiger partial charge on any atom is 0.337 e. The van der Waals surface area contributed by atoms with Crippen LogP contribution in [0.5, 0.6) is 0 Å². The molecule has 1 atom stereocenters. The number of nitrogens with one attached hydrogen (secondary N) is 1. The first-order valence-electron chi connectivity index (χ1n) is 7.44. The number of ether oxygens (including phenoxy) is 2. The molecule has 24 heavy (non-hydrogen) atoms. The zero-order valence-corrected chi connectivity index (χ0v) is 14.2. The Hall–Kier alpha value is -2.47. The number of dihydropyridines is 1. The normalized spacial score (nSPS) is 19.2. The van der Waals surface area contributed by atoms with Crippen molar-refractivity contribution in [3.8, 4) is 0 Å². The molecular weight excluding hydrogens is 332 g/mol. The van der Waals surface area contributed by atoms with Crippen molar-refractivity contribution in [3.05, 3.63) is 52.4 Å². The van der Waals surface area contributed by atoms with Crippen LogP contribution in [-0.4, -0.2) is 25.2 Å². The number of hydrogen-bond donors (Lipinski definition) is 2. The van der Waals surface area contributed by atoms with E-state index in [0.29, 0.717) is 33.8 Å². The Kier molecular flexibility index (Phi) is 5.19. The minimum Gasteiger partial charge on any atom is -0.463 e. The first-order chi connectivity index (χ1) is 11.0. The van der Waals surface area contributed by atoms with Crippen LogP contribution < -0.4 is 11.1 Å². The Morgan fingerprint density at radius 1 is 1.42 bits per heavy atom. The molecule has 3 rings (SSSR count). The third kappa shape index (κ3) is 2.85. The topological polar surface area (TPSA) is 90.6 Å². The molecule has 0 radical (unpaired) electrons. The third-order valence-corrected chi connectivity index (χ3v) is 4.01. The maximum absolute atomic E-state index is 12.5. The molecule has 0 fully saturated rings. The van der Waals surface area contributed by atoms with Gasteiger partial charge in [-0.15, -0.1) is 12.4 Å². The van der Waals surface area contributed by atoms with Gasteiger partial charge in [-0.05, 0) is 25.5 Å². The molecule has 2 aliphatic rings. The molecule has 6 nitrogen and oxygen atoms in total. The van der Waals surface area contributed by atoms with Gasteiger partial charge in [0.15, 0.2) is 0 Å². The molecule has 128 valence electrons. The van der Waals surface area contributed by atoms with E-state index in [1.165, 1.54) is 0 Å². The zero-order valence-electron chi connectivity index (χ0n) is 13.4. The Bertz CT molecular complexity index is 755. The van der Waals surface area contributed by atoms with Crippen molar-refractivity contribution in [3.63, 3.8) is 0 Å². The van der Waals surface area contributed by atoms with E-state index in [-0.39, 0.29) is 25.6 Å². The summed E-state index contributed by atoms with van der Waals surface area (Å²) >= 11 is 0. The summed E-state index contributed by atoms with van der Waals surface area (Å²) in [6.45, 7) is 3.95. The van der Waals surface area contributed by atoms with E-state index in [0.717, 1.165) is 0 Å². The second-order valence-corrected chi connectivity index (χ2v) is 5.41. The van der Waals surface area contributed by atoms with Gasteiger partial charge in [0.2, 0.25) is 0 Å². The third-order valence-electron chi connectivity index (χ3n) is 4.01. The van der Waals surface area contributed by atoms with E-state index in [4.69, 9.17) is 15.2 Å². The van der Waals surface area contributed by atoms with Crippen molar-refractivity contribution < 1.29 is 19.1 Å². The van der Waals surface area contributed by atoms with Gasteiger partial charge in [0.25, 0.3) is 0 Å². The van der Waals surface area contributed by atoms with Crippen LogP contribution in [0.3, 0.4) is 0 Å². The summed E-state index contributed by atoms with van der Waals surface area (Å²) in [5.41, 5.74) is 9.44. The molecule has 0 bridgehead atoms. The lowest BCUT2D eigenvalue weighted by Crippen LogP contribution is -2.30. The Balaban J connectivity index is 0.00000208. The number of allylic oxidation sites excluding steroid dienone is 1. The second kappa shape index (κ2) is 6.97. The van der Waals surface area contributed by atoms with Gasteiger partial charge >= 0.3 is 11.9 Å². The van der Waals surface area contributed by atoms with Crippen LogP contribution >= 0.6 is 12.4 Å². The van der Waals surface area contributed by atoms with Gasteiger partial charge in [-0.1, -0.05) is 18.2 Å². The number of para-hydroxylation sites is 1. The first-order valence-corrected chi connectivity index (χ1v) is 7.44. The van der Waals surface area contributed by atoms with Crippen LogP contribution in [0, 0.1) is 0 Å². The highest BCUT2D eigenvalue weighted by Gasteiger charge is 2.42. The summed E-state index contributed by atoms with van der Waals surface area (Å²) in [5, 5.41) is 3.09.